The van der Waals surface area contributed by atoms with Crippen molar-refractivity contribution in [2.75, 3.05) is 13.2 Å². The number of carbonyl (C=O) groups is 1. The van der Waals surface area contributed by atoms with Gasteiger partial charge in [-0.25, -0.2) is 4.98 Å². The normalized spacial score (nSPS) is 11.3. The molecule has 3 aromatic rings. The number of para-hydroxylation sites is 2. The molecular formula is C27H37N3O2. The van der Waals surface area contributed by atoms with Crippen LogP contribution in [-0.2, 0) is 17.8 Å². The predicted octanol–water partition coefficient (Wildman–Crippen LogP) is 5.61. The molecule has 5 nitrogen and oxygen atoms in total. The number of aryl methyl sites for hydroxylation is 4. The second kappa shape index (κ2) is 11.7. The lowest BCUT2D eigenvalue weighted by atomic mass is 10.0. The number of hydrogen-bond donors (Lipinski definition) is 1. The molecule has 0 unspecified atom stereocenters. The molecule has 1 aromatic heterocycles. The molecule has 0 aliphatic carbocycles. The van der Waals surface area contributed by atoms with Crippen LogP contribution in [-0.4, -0.2) is 28.6 Å². The number of ether oxygens (including phenoxy) is 1. The zero-order valence-electron chi connectivity index (χ0n) is 20.0. The number of nitrogens with zero attached hydrogens (tertiary/aromatic N) is 2. The predicted molar refractivity (Wildman–Crippen MR) is 131 cm³/mol. The number of rotatable bonds is 12. The average Bonchev–Trinajstić information content (AvgIpc) is 3.15. The van der Waals surface area contributed by atoms with E-state index >= 15 is 0 Å². The first-order valence-electron chi connectivity index (χ1n) is 11.9. The summed E-state index contributed by atoms with van der Waals surface area (Å²) in [5.74, 6) is 2.30. The molecule has 0 spiro atoms. The molecule has 5 heteroatoms. The minimum Gasteiger partial charge on any atom is -0.494 e. The van der Waals surface area contributed by atoms with Gasteiger partial charge in [-0.1, -0.05) is 32.0 Å². The van der Waals surface area contributed by atoms with E-state index in [0.29, 0.717) is 13.2 Å². The molecule has 0 radical (unpaired) electrons. The highest BCUT2D eigenvalue weighted by atomic mass is 16.5. The third kappa shape index (κ3) is 6.12. The van der Waals surface area contributed by atoms with Gasteiger partial charge in [-0.3, -0.25) is 4.79 Å². The Hall–Kier alpha value is -2.82. The number of fused-ring (bicyclic) bond motifs is 1. The maximum atomic E-state index is 12.2. The van der Waals surface area contributed by atoms with Crippen LogP contribution in [0.3, 0.4) is 0 Å². The van der Waals surface area contributed by atoms with E-state index in [4.69, 9.17) is 9.72 Å². The summed E-state index contributed by atoms with van der Waals surface area (Å²) in [5, 5.41) is 3.09. The Balaban J connectivity index is 1.56. The van der Waals surface area contributed by atoms with Crippen molar-refractivity contribution in [3.05, 3.63) is 59.4 Å². The zero-order valence-corrected chi connectivity index (χ0v) is 20.0. The minimum atomic E-state index is 0.122. The van der Waals surface area contributed by atoms with Crippen molar-refractivity contribution in [3.8, 4) is 5.75 Å². The topological polar surface area (TPSA) is 56.2 Å². The number of hydrogen-bond acceptors (Lipinski definition) is 3. The van der Waals surface area contributed by atoms with Gasteiger partial charge in [0, 0.05) is 25.4 Å². The Morgan fingerprint density at radius 2 is 1.84 bits per heavy atom. The summed E-state index contributed by atoms with van der Waals surface area (Å²) >= 11 is 0. The van der Waals surface area contributed by atoms with Crippen LogP contribution >= 0.6 is 0 Å². The lowest BCUT2D eigenvalue weighted by Crippen LogP contribution is -2.31. The summed E-state index contributed by atoms with van der Waals surface area (Å²) in [6.45, 7) is 10.6. The molecule has 0 saturated carbocycles. The smallest absolute Gasteiger partial charge is 0.223 e. The SMILES string of the molecule is CCC(CC)C(=O)NCCCc1nc2ccccc2n1CCCOc1ccc(C)c(C)c1. The fourth-order valence-electron chi connectivity index (χ4n) is 4.04. The van der Waals surface area contributed by atoms with Crippen molar-refractivity contribution in [1.29, 1.82) is 0 Å². The third-order valence-electron chi connectivity index (χ3n) is 6.24. The summed E-state index contributed by atoms with van der Waals surface area (Å²) in [5.41, 5.74) is 4.72. The molecule has 32 heavy (non-hydrogen) atoms. The number of nitrogens with one attached hydrogen (secondary N) is 1. The summed E-state index contributed by atoms with van der Waals surface area (Å²) in [4.78, 5) is 17.1. The molecular weight excluding hydrogens is 398 g/mol. The van der Waals surface area contributed by atoms with Crippen LogP contribution in [0, 0.1) is 19.8 Å². The van der Waals surface area contributed by atoms with E-state index in [0.717, 1.165) is 61.3 Å². The van der Waals surface area contributed by atoms with Gasteiger partial charge >= 0.3 is 0 Å². The van der Waals surface area contributed by atoms with Gasteiger partial charge in [0.2, 0.25) is 5.91 Å². The monoisotopic (exact) mass is 435 g/mol. The fourth-order valence-corrected chi connectivity index (χ4v) is 4.04. The first-order valence-corrected chi connectivity index (χ1v) is 11.9. The van der Waals surface area contributed by atoms with Crippen LogP contribution in [0.2, 0.25) is 0 Å². The van der Waals surface area contributed by atoms with Gasteiger partial charge in [0.1, 0.15) is 11.6 Å². The molecule has 0 bridgehead atoms. The average molecular weight is 436 g/mol. The van der Waals surface area contributed by atoms with Gasteiger partial charge in [-0.15, -0.1) is 0 Å². The minimum absolute atomic E-state index is 0.122. The van der Waals surface area contributed by atoms with E-state index in [1.54, 1.807) is 0 Å². The van der Waals surface area contributed by atoms with Crippen LogP contribution in [0.1, 0.15) is 56.5 Å². The van der Waals surface area contributed by atoms with E-state index in [1.165, 1.54) is 11.1 Å². The molecule has 0 aliphatic heterocycles. The second-order valence-corrected chi connectivity index (χ2v) is 8.52. The largest absolute Gasteiger partial charge is 0.494 e. The maximum absolute atomic E-state index is 12.2. The van der Waals surface area contributed by atoms with Crippen LogP contribution in [0.5, 0.6) is 5.75 Å². The van der Waals surface area contributed by atoms with Crippen molar-refractivity contribution in [2.45, 2.75) is 66.3 Å². The van der Waals surface area contributed by atoms with Crippen molar-refractivity contribution in [2.24, 2.45) is 5.92 Å². The standard InChI is InChI=1S/C27H37N3O2/c1-5-22(6-2)27(31)28-16-9-13-26-29-24-11-7-8-12-25(24)30(26)17-10-18-32-23-15-14-20(3)21(4)19-23/h7-8,11-12,14-15,19,22H,5-6,9-10,13,16-18H2,1-4H3,(H,28,31). The van der Waals surface area contributed by atoms with E-state index in [-0.39, 0.29) is 11.8 Å². The molecule has 2 aromatic carbocycles. The molecule has 3 rings (SSSR count). The molecule has 1 N–H and O–H groups in total. The molecule has 0 atom stereocenters. The Labute approximate surface area is 192 Å². The van der Waals surface area contributed by atoms with Crippen LogP contribution in [0.4, 0.5) is 0 Å². The van der Waals surface area contributed by atoms with Crippen molar-refractivity contribution in [1.82, 2.24) is 14.9 Å². The van der Waals surface area contributed by atoms with E-state index < -0.39 is 0 Å². The van der Waals surface area contributed by atoms with Gasteiger partial charge in [-0.05, 0) is 74.9 Å². The van der Waals surface area contributed by atoms with Crippen molar-refractivity contribution >= 4 is 16.9 Å². The molecule has 172 valence electrons. The van der Waals surface area contributed by atoms with Crippen LogP contribution in [0.15, 0.2) is 42.5 Å². The van der Waals surface area contributed by atoms with Gasteiger partial charge in [0.15, 0.2) is 0 Å². The highest BCUT2D eigenvalue weighted by molar-refractivity contribution is 5.78. The lowest BCUT2D eigenvalue weighted by Gasteiger charge is -2.13. The van der Waals surface area contributed by atoms with Crippen molar-refractivity contribution in [3.63, 3.8) is 0 Å². The lowest BCUT2D eigenvalue weighted by molar-refractivity contribution is -0.125. The molecule has 0 saturated heterocycles. The summed E-state index contributed by atoms with van der Waals surface area (Å²) < 4.78 is 8.29. The first-order chi connectivity index (χ1) is 15.5. The summed E-state index contributed by atoms with van der Waals surface area (Å²) in [6, 6.07) is 14.5. The first kappa shape index (κ1) is 23.8. The van der Waals surface area contributed by atoms with Gasteiger partial charge in [-0.2, -0.15) is 0 Å². The molecule has 0 fully saturated rings. The van der Waals surface area contributed by atoms with Crippen molar-refractivity contribution < 1.29 is 9.53 Å². The Bertz CT molecular complexity index is 1020. The van der Waals surface area contributed by atoms with E-state index in [1.807, 2.05) is 12.1 Å². The van der Waals surface area contributed by atoms with Crippen LogP contribution < -0.4 is 10.1 Å². The van der Waals surface area contributed by atoms with E-state index in [2.05, 4.69) is 67.9 Å². The Morgan fingerprint density at radius 1 is 1.06 bits per heavy atom. The summed E-state index contributed by atoms with van der Waals surface area (Å²) in [6.07, 6.45) is 4.42. The molecule has 1 heterocycles. The van der Waals surface area contributed by atoms with E-state index in [9.17, 15) is 4.79 Å². The fraction of sp³-hybridized carbons (Fsp3) is 0.481. The molecule has 0 aliphatic rings. The number of carbonyl (C=O) groups excluding carboxylic acids is 1. The highest BCUT2D eigenvalue weighted by Gasteiger charge is 2.14. The number of aromatic nitrogens is 2. The Kier molecular flexibility index (Phi) is 8.72. The quantitative estimate of drug-likeness (QED) is 0.376. The van der Waals surface area contributed by atoms with Gasteiger partial charge in [0.25, 0.3) is 0 Å². The van der Waals surface area contributed by atoms with Gasteiger partial charge < -0.3 is 14.6 Å². The number of benzene rings is 2. The Morgan fingerprint density at radius 3 is 2.59 bits per heavy atom. The van der Waals surface area contributed by atoms with Crippen LogP contribution in [0.25, 0.3) is 11.0 Å². The number of imidazole rings is 1. The zero-order chi connectivity index (χ0) is 22.9. The number of amides is 1. The highest BCUT2D eigenvalue weighted by Crippen LogP contribution is 2.19. The maximum Gasteiger partial charge on any atom is 0.223 e. The second-order valence-electron chi connectivity index (χ2n) is 8.52. The molecule has 1 amide bonds. The third-order valence-corrected chi connectivity index (χ3v) is 6.24. The summed E-state index contributed by atoms with van der Waals surface area (Å²) in [7, 11) is 0. The van der Waals surface area contributed by atoms with Gasteiger partial charge in [0.05, 0.1) is 17.6 Å².